The summed E-state index contributed by atoms with van der Waals surface area (Å²) in [4.78, 5) is 2.50. The molecule has 0 unspecified atom stereocenters. The van der Waals surface area contributed by atoms with Crippen LogP contribution in [-0.2, 0) is 6.54 Å². The number of aliphatic hydroxyl groups excluding tert-OH is 1. The normalized spacial score (nSPS) is 26.1. The van der Waals surface area contributed by atoms with Crippen LogP contribution in [0.15, 0.2) is 29.8 Å². The molecule has 1 heterocycles. The van der Waals surface area contributed by atoms with Gasteiger partial charge in [-0.2, -0.15) is 0 Å². The average molecular weight is 360 g/mol. The van der Waals surface area contributed by atoms with Crippen LogP contribution < -0.4 is 9.47 Å². The van der Waals surface area contributed by atoms with Crippen molar-refractivity contribution in [3.63, 3.8) is 0 Å². The molecular weight excluding hydrogens is 326 g/mol. The third-order valence-corrected chi connectivity index (χ3v) is 5.91. The van der Waals surface area contributed by atoms with Crippen LogP contribution >= 0.6 is 0 Å². The van der Waals surface area contributed by atoms with Crippen molar-refractivity contribution < 1.29 is 14.6 Å². The molecule has 144 valence electrons. The fourth-order valence-corrected chi connectivity index (χ4v) is 4.48. The van der Waals surface area contributed by atoms with Gasteiger partial charge in [-0.25, -0.2) is 0 Å². The Bertz CT molecular complexity index is 638. The van der Waals surface area contributed by atoms with E-state index in [0.29, 0.717) is 6.61 Å². The molecule has 1 aliphatic carbocycles. The van der Waals surface area contributed by atoms with Gasteiger partial charge in [-0.15, -0.1) is 0 Å². The van der Waals surface area contributed by atoms with Gasteiger partial charge < -0.3 is 14.6 Å². The Morgan fingerprint density at radius 1 is 1.27 bits per heavy atom. The second-order valence-electron chi connectivity index (χ2n) is 8.16. The summed E-state index contributed by atoms with van der Waals surface area (Å²) in [5.41, 5.74) is 2.62. The van der Waals surface area contributed by atoms with Crippen LogP contribution in [0.25, 0.3) is 0 Å². The van der Waals surface area contributed by atoms with Crippen molar-refractivity contribution in [1.82, 2.24) is 4.90 Å². The molecule has 4 heteroatoms. The highest BCUT2D eigenvalue weighted by Gasteiger charge is 2.44. The second-order valence-corrected chi connectivity index (χ2v) is 8.16. The van der Waals surface area contributed by atoms with Crippen molar-refractivity contribution in [2.75, 3.05) is 26.8 Å². The van der Waals surface area contributed by atoms with Gasteiger partial charge in [-0.05, 0) is 69.8 Å². The Kier molecular flexibility index (Phi) is 6.25. The molecule has 3 rings (SSSR count). The lowest BCUT2D eigenvalue weighted by molar-refractivity contribution is -0.0120. The summed E-state index contributed by atoms with van der Waals surface area (Å²) in [7, 11) is 1.69. The molecular formula is C22H33NO3. The lowest BCUT2D eigenvalue weighted by Gasteiger charge is -2.42. The number of hydrogen-bond donors (Lipinski definition) is 1. The van der Waals surface area contributed by atoms with Gasteiger partial charge in [0.2, 0.25) is 0 Å². The second kappa shape index (κ2) is 8.45. The predicted octanol–water partition coefficient (Wildman–Crippen LogP) is 4.17. The molecule has 1 aromatic carbocycles. The van der Waals surface area contributed by atoms with E-state index in [4.69, 9.17) is 9.47 Å². The SMILES string of the molecule is COc1cc(CN2CCC[C@]3(CCC[C@H]3O)C2)ccc1OCC=C(C)C. The molecule has 26 heavy (non-hydrogen) atoms. The fourth-order valence-electron chi connectivity index (χ4n) is 4.48. The van der Waals surface area contributed by atoms with E-state index in [0.717, 1.165) is 37.6 Å². The third kappa shape index (κ3) is 4.41. The van der Waals surface area contributed by atoms with Gasteiger partial charge >= 0.3 is 0 Å². The Labute approximate surface area is 157 Å². The van der Waals surface area contributed by atoms with E-state index in [2.05, 4.69) is 37.0 Å². The van der Waals surface area contributed by atoms with Gasteiger partial charge in [-0.1, -0.05) is 18.1 Å². The zero-order valence-electron chi connectivity index (χ0n) is 16.5. The summed E-state index contributed by atoms with van der Waals surface area (Å²) >= 11 is 0. The molecule has 1 spiro atoms. The quantitative estimate of drug-likeness (QED) is 0.774. The van der Waals surface area contributed by atoms with Gasteiger partial charge in [0, 0.05) is 18.5 Å². The Morgan fingerprint density at radius 3 is 2.77 bits per heavy atom. The Hall–Kier alpha value is -1.52. The maximum Gasteiger partial charge on any atom is 0.161 e. The molecule has 2 fully saturated rings. The first-order valence-corrected chi connectivity index (χ1v) is 9.86. The van der Waals surface area contributed by atoms with Gasteiger partial charge in [-0.3, -0.25) is 4.90 Å². The van der Waals surface area contributed by atoms with E-state index in [-0.39, 0.29) is 11.5 Å². The molecule has 0 aromatic heterocycles. The highest BCUT2D eigenvalue weighted by atomic mass is 16.5. The van der Waals surface area contributed by atoms with E-state index in [1.807, 2.05) is 6.07 Å². The Balaban J connectivity index is 1.65. The van der Waals surface area contributed by atoms with Crippen molar-refractivity contribution >= 4 is 0 Å². The number of likely N-dealkylation sites (tertiary alicyclic amines) is 1. The van der Waals surface area contributed by atoms with Crippen molar-refractivity contribution in [2.45, 2.75) is 58.6 Å². The number of nitrogens with zero attached hydrogens (tertiary/aromatic N) is 1. The maximum atomic E-state index is 10.5. The maximum absolute atomic E-state index is 10.5. The summed E-state index contributed by atoms with van der Waals surface area (Å²) in [5, 5.41) is 10.5. The number of ether oxygens (including phenoxy) is 2. The van der Waals surface area contributed by atoms with Gasteiger partial charge in [0.15, 0.2) is 11.5 Å². The first-order chi connectivity index (χ1) is 12.5. The highest BCUT2D eigenvalue weighted by molar-refractivity contribution is 5.43. The molecule has 1 aromatic rings. The summed E-state index contributed by atoms with van der Waals surface area (Å²) in [5.74, 6) is 1.58. The number of benzene rings is 1. The molecule has 0 bridgehead atoms. The van der Waals surface area contributed by atoms with Gasteiger partial charge in [0.05, 0.1) is 13.2 Å². The molecule has 0 amide bonds. The van der Waals surface area contributed by atoms with E-state index in [9.17, 15) is 5.11 Å². The molecule has 1 N–H and O–H groups in total. The van der Waals surface area contributed by atoms with Crippen LogP contribution in [0.4, 0.5) is 0 Å². The van der Waals surface area contributed by atoms with Crippen LogP contribution in [0, 0.1) is 5.41 Å². The molecule has 2 atom stereocenters. The number of hydrogen-bond acceptors (Lipinski definition) is 4. The largest absolute Gasteiger partial charge is 0.493 e. The highest BCUT2D eigenvalue weighted by Crippen LogP contribution is 2.45. The number of piperidine rings is 1. The number of rotatable bonds is 6. The minimum Gasteiger partial charge on any atom is -0.493 e. The van der Waals surface area contributed by atoms with E-state index < -0.39 is 0 Å². The molecule has 1 aliphatic heterocycles. The number of allylic oxidation sites excluding steroid dienone is 1. The van der Waals surface area contributed by atoms with Crippen molar-refractivity contribution in [2.24, 2.45) is 5.41 Å². The van der Waals surface area contributed by atoms with Crippen LogP contribution in [0.3, 0.4) is 0 Å². The molecule has 1 saturated heterocycles. The molecule has 1 saturated carbocycles. The standard InChI is InChI=1S/C22H33NO3/c1-17(2)9-13-26-19-8-7-18(14-20(19)25-3)15-23-12-5-11-22(16-23)10-4-6-21(22)24/h7-9,14,21,24H,4-6,10-13,15-16H2,1-3H3/t21-,22-/m1/s1. The monoisotopic (exact) mass is 359 g/mol. The van der Waals surface area contributed by atoms with Gasteiger partial charge in [0.1, 0.15) is 6.61 Å². The lowest BCUT2D eigenvalue weighted by atomic mass is 9.76. The topological polar surface area (TPSA) is 41.9 Å². The molecule has 0 radical (unpaired) electrons. The minimum absolute atomic E-state index is 0.120. The lowest BCUT2D eigenvalue weighted by Crippen LogP contribution is -2.46. The van der Waals surface area contributed by atoms with Crippen LogP contribution in [0.5, 0.6) is 11.5 Å². The third-order valence-electron chi connectivity index (χ3n) is 5.91. The summed E-state index contributed by atoms with van der Waals surface area (Å²) in [6.07, 6.45) is 7.60. The first kappa shape index (κ1) is 19.2. The zero-order valence-corrected chi connectivity index (χ0v) is 16.5. The van der Waals surface area contributed by atoms with Crippen LogP contribution in [0.1, 0.15) is 51.5 Å². The average Bonchev–Trinajstić information content (AvgIpc) is 2.95. The first-order valence-electron chi connectivity index (χ1n) is 9.86. The van der Waals surface area contributed by atoms with Crippen LogP contribution in [-0.4, -0.2) is 42.9 Å². The predicted molar refractivity (Wildman–Crippen MR) is 105 cm³/mol. The minimum atomic E-state index is -0.120. The number of aliphatic hydroxyl groups is 1. The summed E-state index contributed by atoms with van der Waals surface area (Å²) < 4.78 is 11.4. The van der Waals surface area contributed by atoms with E-state index in [1.165, 1.54) is 36.8 Å². The smallest absolute Gasteiger partial charge is 0.161 e. The van der Waals surface area contributed by atoms with Crippen molar-refractivity contribution in [3.8, 4) is 11.5 Å². The summed E-state index contributed by atoms with van der Waals surface area (Å²) in [6.45, 7) is 7.71. The fraction of sp³-hybridized carbons (Fsp3) is 0.636. The molecule has 2 aliphatic rings. The summed E-state index contributed by atoms with van der Waals surface area (Å²) in [6, 6.07) is 6.23. The van der Waals surface area contributed by atoms with E-state index in [1.54, 1.807) is 7.11 Å². The zero-order chi connectivity index (χ0) is 18.6. The number of methoxy groups -OCH3 is 1. The van der Waals surface area contributed by atoms with Crippen molar-refractivity contribution in [3.05, 3.63) is 35.4 Å². The Morgan fingerprint density at radius 2 is 2.08 bits per heavy atom. The van der Waals surface area contributed by atoms with E-state index >= 15 is 0 Å². The van der Waals surface area contributed by atoms with Gasteiger partial charge in [0.25, 0.3) is 0 Å². The molecule has 4 nitrogen and oxygen atoms in total. The van der Waals surface area contributed by atoms with Crippen LogP contribution in [0.2, 0.25) is 0 Å². The van der Waals surface area contributed by atoms with Crippen molar-refractivity contribution in [1.29, 1.82) is 0 Å².